The first-order valence-electron chi connectivity index (χ1n) is 5.30. The predicted octanol–water partition coefficient (Wildman–Crippen LogP) is 0.162. The van der Waals surface area contributed by atoms with E-state index < -0.39 is 10.0 Å². The molecule has 1 aliphatic heterocycles. The minimum atomic E-state index is -3.01. The van der Waals surface area contributed by atoms with Crippen molar-refractivity contribution in [2.24, 2.45) is 0 Å². The van der Waals surface area contributed by atoms with E-state index in [0.717, 1.165) is 38.8 Å². The lowest BCUT2D eigenvalue weighted by Gasteiger charge is -2.27. The molecule has 0 aromatic carbocycles. The smallest absolute Gasteiger partial charge is 0.217 e. The molecular formula is C9H18N2O2S. The van der Waals surface area contributed by atoms with Crippen molar-refractivity contribution in [3.63, 3.8) is 0 Å². The van der Waals surface area contributed by atoms with Crippen LogP contribution >= 0.6 is 0 Å². The van der Waals surface area contributed by atoms with Gasteiger partial charge in [0.05, 0.1) is 5.25 Å². The Bertz CT molecular complexity index is 292. The van der Waals surface area contributed by atoms with E-state index in [0.29, 0.717) is 6.04 Å². The molecule has 0 unspecified atom stereocenters. The van der Waals surface area contributed by atoms with Gasteiger partial charge in [0.1, 0.15) is 0 Å². The average Bonchev–Trinajstić information content (AvgIpc) is 3.01. The van der Waals surface area contributed by atoms with Gasteiger partial charge in [-0.2, -0.15) is 0 Å². The molecule has 0 aromatic heterocycles. The lowest BCUT2D eigenvalue weighted by Crippen LogP contribution is -2.43. The van der Waals surface area contributed by atoms with Crippen LogP contribution in [-0.4, -0.2) is 44.2 Å². The summed E-state index contributed by atoms with van der Waals surface area (Å²) in [5.74, 6) is 0. The van der Waals surface area contributed by atoms with E-state index in [9.17, 15) is 8.42 Å². The highest BCUT2D eigenvalue weighted by Gasteiger charge is 2.38. The fraction of sp³-hybridized carbons (Fsp3) is 1.00. The Morgan fingerprint density at radius 1 is 1.14 bits per heavy atom. The van der Waals surface area contributed by atoms with Crippen LogP contribution in [0.3, 0.4) is 0 Å². The van der Waals surface area contributed by atoms with Crippen LogP contribution in [0.2, 0.25) is 0 Å². The van der Waals surface area contributed by atoms with Gasteiger partial charge in [-0.3, -0.25) is 0 Å². The van der Waals surface area contributed by atoms with Gasteiger partial charge in [-0.15, -0.1) is 0 Å². The van der Waals surface area contributed by atoms with Gasteiger partial charge in [0.15, 0.2) is 0 Å². The highest BCUT2D eigenvalue weighted by atomic mass is 32.2. The third-order valence-electron chi connectivity index (χ3n) is 3.17. The maximum Gasteiger partial charge on any atom is 0.217 e. The molecule has 1 heterocycles. The average molecular weight is 218 g/mol. The Kier molecular flexibility index (Phi) is 2.81. The number of nitrogens with one attached hydrogen (secondary N) is 1. The summed E-state index contributed by atoms with van der Waals surface area (Å²) in [5, 5.41) is 3.04. The molecule has 0 radical (unpaired) electrons. The number of hydrogen-bond donors (Lipinski definition) is 1. The first kappa shape index (κ1) is 10.4. The van der Waals surface area contributed by atoms with Crippen molar-refractivity contribution in [3.05, 3.63) is 0 Å². The van der Waals surface area contributed by atoms with Gasteiger partial charge in [-0.1, -0.05) is 0 Å². The molecule has 1 saturated carbocycles. The molecule has 5 heteroatoms. The topological polar surface area (TPSA) is 49.4 Å². The summed E-state index contributed by atoms with van der Waals surface area (Å²) >= 11 is 0. The molecule has 0 spiro atoms. The van der Waals surface area contributed by atoms with Gasteiger partial charge in [-0.25, -0.2) is 12.7 Å². The summed E-state index contributed by atoms with van der Waals surface area (Å²) in [4.78, 5) is 0. The molecule has 0 aromatic rings. The van der Waals surface area contributed by atoms with E-state index in [4.69, 9.17) is 0 Å². The van der Waals surface area contributed by atoms with E-state index in [2.05, 4.69) is 5.32 Å². The Morgan fingerprint density at radius 2 is 1.71 bits per heavy atom. The quantitative estimate of drug-likeness (QED) is 0.734. The lowest BCUT2D eigenvalue weighted by molar-refractivity contribution is 0.427. The molecule has 1 aliphatic carbocycles. The summed E-state index contributed by atoms with van der Waals surface area (Å²) in [6.07, 6.45) is 3.61. The van der Waals surface area contributed by atoms with E-state index >= 15 is 0 Å². The van der Waals surface area contributed by atoms with Crippen LogP contribution in [-0.2, 0) is 10.0 Å². The van der Waals surface area contributed by atoms with E-state index in [1.807, 2.05) is 0 Å². The predicted molar refractivity (Wildman–Crippen MR) is 55.6 cm³/mol. The van der Waals surface area contributed by atoms with Crippen LogP contribution in [0.1, 0.15) is 25.7 Å². The monoisotopic (exact) mass is 218 g/mol. The highest BCUT2D eigenvalue weighted by molar-refractivity contribution is 7.89. The van der Waals surface area contributed by atoms with Crippen molar-refractivity contribution < 1.29 is 8.42 Å². The minimum absolute atomic E-state index is 0.144. The van der Waals surface area contributed by atoms with Gasteiger partial charge >= 0.3 is 0 Å². The Labute approximate surface area is 85.7 Å². The van der Waals surface area contributed by atoms with E-state index in [1.54, 1.807) is 11.4 Å². The second-order valence-corrected chi connectivity index (χ2v) is 6.51. The van der Waals surface area contributed by atoms with Crippen LogP contribution in [0.5, 0.6) is 0 Å². The number of piperidine rings is 1. The second kappa shape index (κ2) is 3.79. The summed E-state index contributed by atoms with van der Waals surface area (Å²) in [7, 11) is -1.27. The number of rotatable bonds is 3. The maximum absolute atomic E-state index is 12.1. The van der Waals surface area contributed by atoms with Crippen LogP contribution < -0.4 is 5.32 Å². The van der Waals surface area contributed by atoms with Crippen LogP contribution in [0.25, 0.3) is 0 Å². The van der Waals surface area contributed by atoms with E-state index in [-0.39, 0.29) is 5.25 Å². The molecule has 0 amide bonds. The fourth-order valence-electron chi connectivity index (χ4n) is 1.97. The zero-order chi connectivity index (χ0) is 10.2. The molecule has 82 valence electrons. The van der Waals surface area contributed by atoms with Crippen molar-refractivity contribution in [1.29, 1.82) is 0 Å². The standard InChI is InChI=1S/C9H18N2O2S/c1-11(8-2-3-8)14(12,13)9-4-6-10-7-5-9/h8-10H,2-7H2,1H3. The van der Waals surface area contributed by atoms with Crippen molar-refractivity contribution >= 4 is 10.0 Å². The molecule has 14 heavy (non-hydrogen) atoms. The SMILES string of the molecule is CN(C1CC1)S(=O)(=O)C1CCNCC1. The lowest BCUT2D eigenvalue weighted by atomic mass is 10.2. The first-order valence-corrected chi connectivity index (χ1v) is 6.80. The zero-order valence-corrected chi connectivity index (χ0v) is 9.39. The minimum Gasteiger partial charge on any atom is -0.317 e. The third kappa shape index (κ3) is 1.94. The summed E-state index contributed by atoms with van der Waals surface area (Å²) in [5.41, 5.74) is 0. The van der Waals surface area contributed by atoms with Gasteiger partial charge in [-0.05, 0) is 38.8 Å². The zero-order valence-electron chi connectivity index (χ0n) is 8.57. The summed E-state index contributed by atoms with van der Waals surface area (Å²) in [6, 6.07) is 0.301. The fourth-order valence-corrected chi connectivity index (χ4v) is 3.90. The molecule has 1 saturated heterocycles. The van der Waals surface area contributed by atoms with Gasteiger partial charge in [0.25, 0.3) is 0 Å². The molecule has 4 nitrogen and oxygen atoms in total. The first-order chi connectivity index (χ1) is 6.62. The molecular weight excluding hydrogens is 200 g/mol. The largest absolute Gasteiger partial charge is 0.317 e. The normalized spacial score (nSPS) is 25.6. The van der Waals surface area contributed by atoms with Gasteiger partial charge in [0, 0.05) is 13.1 Å². The van der Waals surface area contributed by atoms with E-state index in [1.165, 1.54) is 0 Å². The summed E-state index contributed by atoms with van der Waals surface area (Å²) < 4.78 is 25.7. The molecule has 1 N–H and O–H groups in total. The number of sulfonamides is 1. The molecule has 0 atom stereocenters. The van der Waals surface area contributed by atoms with Crippen LogP contribution in [0.4, 0.5) is 0 Å². The van der Waals surface area contributed by atoms with Crippen molar-refractivity contribution in [1.82, 2.24) is 9.62 Å². The maximum atomic E-state index is 12.1. The Balaban J connectivity index is 2.05. The number of nitrogens with zero attached hydrogens (tertiary/aromatic N) is 1. The Morgan fingerprint density at radius 3 is 2.21 bits per heavy atom. The van der Waals surface area contributed by atoms with Crippen LogP contribution in [0, 0.1) is 0 Å². The van der Waals surface area contributed by atoms with Crippen molar-refractivity contribution in [2.75, 3.05) is 20.1 Å². The van der Waals surface area contributed by atoms with Crippen molar-refractivity contribution in [3.8, 4) is 0 Å². The Hall–Kier alpha value is -0.130. The van der Waals surface area contributed by atoms with Crippen LogP contribution in [0.15, 0.2) is 0 Å². The second-order valence-electron chi connectivity index (χ2n) is 4.24. The third-order valence-corrected chi connectivity index (χ3v) is 5.58. The van der Waals surface area contributed by atoms with Gasteiger partial charge in [0.2, 0.25) is 10.0 Å². The molecule has 0 bridgehead atoms. The number of hydrogen-bond acceptors (Lipinski definition) is 3. The molecule has 2 aliphatic rings. The molecule has 2 fully saturated rings. The highest BCUT2D eigenvalue weighted by Crippen LogP contribution is 2.30. The summed E-state index contributed by atoms with van der Waals surface area (Å²) in [6.45, 7) is 1.67. The van der Waals surface area contributed by atoms with Gasteiger partial charge < -0.3 is 5.32 Å². The molecule has 2 rings (SSSR count). The van der Waals surface area contributed by atoms with Crippen molar-refractivity contribution in [2.45, 2.75) is 37.0 Å².